The molecule has 1 saturated carbocycles. The van der Waals surface area contributed by atoms with Gasteiger partial charge in [0, 0.05) is 6.61 Å². The molecule has 0 radical (unpaired) electrons. The zero-order chi connectivity index (χ0) is 9.68. The smallest absolute Gasteiger partial charge is 0.227 e. The molecule has 1 aliphatic carbocycles. The molecule has 76 valence electrons. The predicted molar refractivity (Wildman–Crippen MR) is 52.8 cm³/mol. The third kappa shape index (κ3) is 3.28. The lowest BCUT2D eigenvalue weighted by atomic mass is 9.93. The minimum Gasteiger partial charge on any atom is -0.381 e. The van der Waals surface area contributed by atoms with Gasteiger partial charge in [-0.05, 0) is 37.3 Å². The van der Waals surface area contributed by atoms with Crippen LogP contribution in [0.2, 0.25) is 0 Å². The van der Waals surface area contributed by atoms with E-state index in [4.69, 9.17) is 16.3 Å². The fourth-order valence-corrected chi connectivity index (χ4v) is 2.23. The van der Waals surface area contributed by atoms with Crippen LogP contribution in [0.25, 0.3) is 0 Å². The molecule has 0 N–H and O–H groups in total. The van der Waals surface area contributed by atoms with Crippen LogP contribution in [0.3, 0.4) is 0 Å². The number of hydrogen-bond donors (Lipinski definition) is 0. The van der Waals surface area contributed by atoms with Gasteiger partial charge in [0.15, 0.2) is 0 Å². The summed E-state index contributed by atoms with van der Waals surface area (Å²) in [6, 6.07) is 0. The fourth-order valence-electron chi connectivity index (χ4n) is 1.99. The highest BCUT2D eigenvalue weighted by molar-refractivity contribution is 6.64. The molecular formula is C10H17ClO2. The van der Waals surface area contributed by atoms with E-state index in [-0.39, 0.29) is 11.2 Å². The van der Waals surface area contributed by atoms with E-state index in [1.54, 1.807) is 0 Å². The second-order valence-electron chi connectivity index (χ2n) is 3.61. The van der Waals surface area contributed by atoms with E-state index in [9.17, 15) is 4.79 Å². The second-order valence-corrected chi connectivity index (χ2v) is 3.99. The van der Waals surface area contributed by atoms with Gasteiger partial charge in [-0.15, -0.1) is 0 Å². The van der Waals surface area contributed by atoms with Crippen LogP contribution in [0, 0.1) is 11.8 Å². The Kier molecular flexibility index (Phi) is 4.74. The van der Waals surface area contributed by atoms with Crippen LogP contribution in [-0.4, -0.2) is 18.5 Å². The highest BCUT2D eigenvalue weighted by Gasteiger charge is 2.29. The summed E-state index contributed by atoms with van der Waals surface area (Å²) >= 11 is 5.54. The summed E-state index contributed by atoms with van der Waals surface area (Å²) in [4.78, 5) is 11.1. The maximum atomic E-state index is 11.1. The van der Waals surface area contributed by atoms with Crippen LogP contribution in [0.1, 0.15) is 32.6 Å². The Morgan fingerprint density at radius 3 is 2.62 bits per heavy atom. The minimum atomic E-state index is -0.222. The standard InChI is InChI=1S/C10H17ClO2/c1-2-13-7-9(10(11)12)8-5-3-4-6-8/h8-9H,2-7H2,1H3. The maximum absolute atomic E-state index is 11.1. The Labute approximate surface area is 84.6 Å². The highest BCUT2D eigenvalue weighted by atomic mass is 35.5. The first-order valence-corrected chi connectivity index (χ1v) is 5.40. The van der Waals surface area contributed by atoms with Crippen molar-refractivity contribution in [2.75, 3.05) is 13.2 Å². The van der Waals surface area contributed by atoms with Crippen LogP contribution < -0.4 is 0 Å². The van der Waals surface area contributed by atoms with Gasteiger partial charge in [-0.3, -0.25) is 4.79 Å². The molecule has 1 unspecified atom stereocenters. The van der Waals surface area contributed by atoms with Crippen molar-refractivity contribution < 1.29 is 9.53 Å². The molecule has 0 aliphatic heterocycles. The molecule has 0 bridgehead atoms. The van der Waals surface area contributed by atoms with Gasteiger partial charge in [0.25, 0.3) is 0 Å². The highest BCUT2D eigenvalue weighted by Crippen LogP contribution is 2.32. The first-order valence-electron chi connectivity index (χ1n) is 5.02. The van der Waals surface area contributed by atoms with Crippen molar-refractivity contribution in [3.63, 3.8) is 0 Å². The Morgan fingerprint density at radius 1 is 1.54 bits per heavy atom. The Bertz CT molecular complexity index is 164. The fraction of sp³-hybridized carbons (Fsp3) is 0.900. The molecule has 0 heterocycles. The van der Waals surface area contributed by atoms with Crippen molar-refractivity contribution in [3.05, 3.63) is 0 Å². The lowest BCUT2D eigenvalue weighted by Crippen LogP contribution is -2.23. The van der Waals surface area contributed by atoms with E-state index in [0.29, 0.717) is 19.1 Å². The minimum absolute atomic E-state index is 0.0656. The molecule has 0 aromatic carbocycles. The normalized spacial score (nSPS) is 20.5. The summed E-state index contributed by atoms with van der Waals surface area (Å²) in [6.45, 7) is 3.10. The SMILES string of the molecule is CCOCC(C(=O)Cl)C1CCCC1. The van der Waals surface area contributed by atoms with E-state index >= 15 is 0 Å². The molecule has 1 atom stereocenters. The molecule has 2 nitrogen and oxygen atoms in total. The quantitative estimate of drug-likeness (QED) is 0.644. The van der Waals surface area contributed by atoms with Crippen LogP contribution in [0.5, 0.6) is 0 Å². The average molecular weight is 205 g/mol. The van der Waals surface area contributed by atoms with Crippen molar-refractivity contribution in [2.24, 2.45) is 11.8 Å². The van der Waals surface area contributed by atoms with Crippen LogP contribution in [0.4, 0.5) is 0 Å². The van der Waals surface area contributed by atoms with Crippen molar-refractivity contribution in [1.29, 1.82) is 0 Å². The molecular weight excluding hydrogens is 188 g/mol. The lowest BCUT2D eigenvalue weighted by Gasteiger charge is -2.18. The summed E-state index contributed by atoms with van der Waals surface area (Å²) in [7, 11) is 0. The Balaban J connectivity index is 2.40. The molecule has 1 aliphatic rings. The summed E-state index contributed by atoms with van der Waals surface area (Å²) in [5, 5.41) is -0.222. The molecule has 0 saturated heterocycles. The first-order chi connectivity index (χ1) is 6.25. The van der Waals surface area contributed by atoms with Gasteiger partial charge >= 0.3 is 0 Å². The van der Waals surface area contributed by atoms with E-state index < -0.39 is 0 Å². The Morgan fingerprint density at radius 2 is 2.15 bits per heavy atom. The summed E-state index contributed by atoms with van der Waals surface area (Å²) in [6.07, 6.45) is 4.74. The second kappa shape index (κ2) is 5.61. The predicted octanol–water partition coefficient (Wildman–Crippen LogP) is 2.59. The van der Waals surface area contributed by atoms with Gasteiger partial charge < -0.3 is 4.74 Å². The molecule has 0 amide bonds. The number of carbonyl (C=O) groups is 1. The van der Waals surface area contributed by atoms with E-state index in [1.807, 2.05) is 6.92 Å². The van der Waals surface area contributed by atoms with Crippen LogP contribution >= 0.6 is 11.6 Å². The first kappa shape index (κ1) is 11.0. The third-order valence-electron chi connectivity index (χ3n) is 2.76. The Hall–Kier alpha value is -0.0800. The molecule has 0 aromatic rings. The monoisotopic (exact) mass is 204 g/mol. The van der Waals surface area contributed by atoms with Gasteiger partial charge in [-0.1, -0.05) is 12.8 Å². The third-order valence-corrected chi connectivity index (χ3v) is 3.04. The number of halogens is 1. The van der Waals surface area contributed by atoms with Crippen molar-refractivity contribution in [1.82, 2.24) is 0 Å². The average Bonchev–Trinajstić information content (AvgIpc) is 2.57. The zero-order valence-corrected chi connectivity index (χ0v) is 8.85. The van der Waals surface area contributed by atoms with Gasteiger partial charge in [0.05, 0.1) is 12.5 Å². The number of carbonyl (C=O) groups excluding carboxylic acids is 1. The van der Waals surface area contributed by atoms with Gasteiger partial charge in [-0.25, -0.2) is 0 Å². The van der Waals surface area contributed by atoms with Crippen LogP contribution in [0.15, 0.2) is 0 Å². The molecule has 0 spiro atoms. The van der Waals surface area contributed by atoms with Gasteiger partial charge in [0.2, 0.25) is 5.24 Å². The van der Waals surface area contributed by atoms with E-state index in [2.05, 4.69) is 0 Å². The largest absolute Gasteiger partial charge is 0.381 e. The number of hydrogen-bond acceptors (Lipinski definition) is 2. The van der Waals surface area contributed by atoms with Crippen molar-refractivity contribution in [2.45, 2.75) is 32.6 Å². The van der Waals surface area contributed by atoms with Gasteiger partial charge in [0.1, 0.15) is 0 Å². The molecule has 1 fully saturated rings. The number of rotatable bonds is 5. The summed E-state index contributed by atoms with van der Waals surface area (Å²) in [5.74, 6) is 0.403. The maximum Gasteiger partial charge on any atom is 0.227 e. The molecule has 13 heavy (non-hydrogen) atoms. The molecule has 0 aromatic heterocycles. The summed E-state index contributed by atoms with van der Waals surface area (Å²) < 4.78 is 5.26. The topological polar surface area (TPSA) is 26.3 Å². The van der Waals surface area contributed by atoms with E-state index in [1.165, 1.54) is 12.8 Å². The van der Waals surface area contributed by atoms with Crippen LogP contribution in [-0.2, 0) is 9.53 Å². The number of ether oxygens (including phenoxy) is 1. The van der Waals surface area contributed by atoms with E-state index in [0.717, 1.165) is 12.8 Å². The van der Waals surface area contributed by atoms with Crippen molar-refractivity contribution in [3.8, 4) is 0 Å². The molecule has 3 heteroatoms. The van der Waals surface area contributed by atoms with Gasteiger partial charge in [-0.2, -0.15) is 0 Å². The molecule has 1 rings (SSSR count). The van der Waals surface area contributed by atoms with Crippen molar-refractivity contribution >= 4 is 16.8 Å². The summed E-state index contributed by atoms with van der Waals surface area (Å²) in [5.41, 5.74) is 0. The lowest BCUT2D eigenvalue weighted by molar-refractivity contribution is -0.118. The zero-order valence-electron chi connectivity index (χ0n) is 8.09.